The van der Waals surface area contributed by atoms with Gasteiger partial charge in [0.25, 0.3) is 5.91 Å². The second kappa shape index (κ2) is 10.5. The predicted octanol–water partition coefficient (Wildman–Crippen LogP) is 3.21. The first-order valence-electron chi connectivity index (χ1n) is 9.56. The summed E-state index contributed by atoms with van der Waals surface area (Å²) in [7, 11) is 0. The van der Waals surface area contributed by atoms with Crippen LogP contribution in [0.15, 0.2) is 24.3 Å². The van der Waals surface area contributed by atoms with Gasteiger partial charge in [-0.05, 0) is 49.9 Å². The van der Waals surface area contributed by atoms with Crippen LogP contribution in [0.1, 0.15) is 44.0 Å². The topological polar surface area (TPSA) is 94.2 Å². The largest absolute Gasteiger partial charge is 0.513 e. The summed E-state index contributed by atoms with van der Waals surface area (Å²) >= 11 is 0. The van der Waals surface area contributed by atoms with Crippen molar-refractivity contribution in [3.05, 3.63) is 29.8 Å². The van der Waals surface area contributed by atoms with E-state index in [2.05, 4.69) is 5.32 Å². The lowest BCUT2D eigenvalue weighted by atomic mass is 10.0. The molecular weight excluding hydrogens is 364 g/mol. The van der Waals surface area contributed by atoms with Gasteiger partial charge < -0.3 is 24.4 Å². The zero-order valence-corrected chi connectivity index (χ0v) is 16.6. The molecule has 1 heterocycles. The summed E-state index contributed by atoms with van der Waals surface area (Å²) in [5.74, 6) is 0.514. The third-order valence-corrected chi connectivity index (χ3v) is 4.22. The van der Waals surface area contributed by atoms with Crippen molar-refractivity contribution in [1.82, 2.24) is 10.2 Å². The molecule has 1 N–H and O–H groups in total. The van der Waals surface area contributed by atoms with Crippen LogP contribution in [0.25, 0.3) is 0 Å². The Morgan fingerprint density at radius 1 is 1.11 bits per heavy atom. The quantitative estimate of drug-likeness (QED) is 0.590. The lowest BCUT2D eigenvalue weighted by molar-refractivity contribution is 0.0700. The van der Waals surface area contributed by atoms with Gasteiger partial charge in [-0.2, -0.15) is 0 Å². The third-order valence-electron chi connectivity index (χ3n) is 4.22. The number of hydrogen-bond acceptors (Lipinski definition) is 6. The van der Waals surface area contributed by atoms with Crippen LogP contribution in [0.3, 0.4) is 0 Å². The first-order valence-corrected chi connectivity index (χ1v) is 9.56. The Balaban J connectivity index is 1.80. The summed E-state index contributed by atoms with van der Waals surface area (Å²) in [6.45, 7) is 7.37. The van der Waals surface area contributed by atoms with Crippen LogP contribution in [0, 0.1) is 5.92 Å². The Morgan fingerprint density at radius 2 is 1.75 bits per heavy atom. The number of hydrogen-bond donors (Lipinski definition) is 1. The van der Waals surface area contributed by atoms with Crippen LogP contribution in [0.2, 0.25) is 0 Å². The Hall–Kier alpha value is -2.77. The monoisotopic (exact) mass is 392 g/mol. The molecule has 154 valence electrons. The maximum absolute atomic E-state index is 12.6. The highest BCUT2D eigenvalue weighted by Gasteiger charge is 2.25. The molecule has 0 atom stereocenters. The van der Waals surface area contributed by atoms with Crippen LogP contribution < -0.4 is 10.1 Å². The van der Waals surface area contributed by atoms with Crippen molar-refractivity contribution in [2.45, 2.75) is 39.7 Å². The smallest absolute Gasteiger partial charge is 0.449 e. The number of rotatable bonds is 6. The molecule has 1 saturated heterocycles. The fraction of sp³-hybridized carbons (Fsp3) is 0.550. The lowest BCUT2D eigenvalue weighted by Crippen LogP contribution is -2.46. The molecule has 1 fully saturated rings. The Morgan fingerprint density at radius 3 is 2.32 bits per heavy atom. The molecule has 0 unspecified atom stereocenters. The van der Waals surface area contributed by atoms with Crippen LogP contribution >= 0.6 is 0 Å². The van der Waals surface area contributed by atoms with E-state index in [0.29, 0.717) is 49.8 Å². The fourth-order valence-electron chi connectivity index (χ4n) is 2.77. The molecular formula is C20H28N2O6. The predicted molar refractivity (Wildman–Crippen MR) is 102 cm³/mol. The van der Waals surface area contributed by atoms with E-state index in [1.165, 1.54) is 0 Å². The van der Waals surface area contributed by atoms with Crippen molar-refractivity contribution in [2.24, 2.45) is 5.92 Å². The van der Waals surface area contributed by atoms with E-state index in [1.54, 1.807) is 36.1 Å². The zero-order chi connectivity index (χ0) is 20.5. The second-order valence-electron chi connectivity index (χ2n) is 7.01. The van der Waals surface area contributed by atoms with E-state index >= 15 is 0 Å². The maximum atomic E-state index is 12.6. The Kier molecular flexibility index (Phi) is 8.10. The number of nitrogens with zero attached hydrogens (tertiary/aromatic N) is 1. The van der Waals surface area contributed by atoms with Gasteiger partial charge in [0.2, 0.25) is 0 Å². The molecule has 0 aromatic heterocycles. The molecule has 28 heavy (non-hydrogen) atoms. The molecule has 2 amide bonds. The summed E-state index contributed by atoms with van der Waals surface area (Å²) in [5, 5.41) is 2.85. The van der Waals surface area contributed by atoms with Crippen molar-refractivity contribution in [3.8, 4) is 5.75 Å². The highest BCUT2D eigenvalue weighted by molar-refractivity contribution is 5.94. The van der Waals surface area contributed by atoms with E-state index < -0.39 is 12.2 Å². The number of piperidine rings is 1. The molecule has 0 saturated carbocycles. The molecule has 0 radical (unpaired) electrons. The highest BCUT2D eigenvalue weighted by atomic mass is 16.7. The van der Waals surface area contributed by atoms with Gasteiger partial charge in [-0.15, -0.1) is 0 Å². The number of alkyl carbamates (subject to hydrolysis) is 1. The van der Waals surface area contributed by atoms with Crippen LogP contribution in [-0.2, 0) is 9.47 Å². The van der Waals surface area contributed by atoms with Crippen molar-refractivity contribution < 1.29 is 28.6 Å². The molecule has 1 aliphatic rings. The molecule has 1 aliphatic heterocycles. The van der Waals surface area contributed by atoms with E-state index in [-0.39, 0.29) is 18.6 Å². The van der Waals surface area contributed by atoms with Crippen molar-refractivity contribution in [3.63, 3.8) is 0 Å². The Labute approximate surface area is 165 Å². The van der Waals surface area contributed by atoms with Crippen molar-refractivity contribution in [2.75, 3.05) is 26.3 Å². The average molecular weight is 392 g/mol. The van der Waals surface area contributed by atoms with Crippen LogP contribution in [0.5, 0.6) is 5.75 Å². The Bertz CT molecular complexity index is 666. The molecule has 2 rings (SSSR count). The summed E-state index contributed by atoms with van der Waals surface area (Å²) in [5.41, 5.74) is 0.513. The van der Waals surface area contributed by atoms with E-state index in [9.17, 15) is 14.4 Å². The number of amides is 2. The average Bonchev–Trinajstić information content (AvgIpc) is 2.67. The minimum atomic E-state index is -0.775. The molecule has 0 spiro atoms. The summed E-state index contributed by atoms with van der Waals surface area (Å²) in [4.78, 5) is 37.4. The highest BCUT2D eigenvalue weighted by Crippen LogP contribution is 2.17. The molecule has 8 nitrogen and oxygen atoms in total. The molecule has 1 aromatic rings. The minimum Gasteiger partial charge on any atom is -0.449 e. The van der Waals surface area contributed by atoms with Crippen LogP contribution in [0.4, 0.5) is 9.59 Å². The summed E-state index contributed by atoms with van der Waals surface area (Å²) in [6.07, 6.45) is 0.165. The standard InChI is InChI=1S/C20H28N2O6/c1-4-26-20(25)28-17-7-5-15(6-8-17)18(23)22-11-9-16(10-12-22)21-19(24)27-13-14(2)3/h5-8,14,16H,4,9-13H2,1-3H3,(H,21,24). The minimum absolute atomic E-state index is 0.00377. The van der Waals surface area contributed by atoms with Gasteiger partial charge >= 0.3 is 12.2 Å². The molecule has 0 aliphatic carbocycles. The normalized spacial score (nSPS) is 14.5. The number of carbonyl (C=O) groups excluding carboxylic acids is 3. The summed E-state index contributed by atoms with van der Waals surface area (Å²) < 4.78 is 14.8. The second-order valence-corrected chi connectivity index (χ2v) is 7.01. The molecule has 0 bridgehead atoms. The fourth-order valence-corrected chi connectivity index (χ4v) is 2.77. The van der Waals surface area contributed by atoms with Gasteiger partial charge in [0.1, 0.15) is 5.75 Å². The number of ether oxygens (including phenoxy) is 3. The van der Waals surface area contributed by atoms with E-state index in [4.69, 9.17) is 14.2 Å². The number of nitrogens with one attached hydrogen (secondary N) is 1. The van der Waals surface area contributed by atoms with Gasteiger partial charge in [-0.25, -0.2) is 9.59 Å². The maximum Gasteiger partial charge on any atom is 0.513 e. The van der Waals surface area contributed by atoms with Gasteiger partial charge in [0.05, 0.1) is 13.2 Å². The van der Waals surface area contributed by atoms with Gasteiger partial charge in [0, 0.05) is 24.7 Å². The van der Waals surface area contributed by atoms with Crippen molar-refractivity contribution >= 4 is 18.2 Å². The van der Waals surface area contributed by atoms with Crippen molar-refractivity contribution in [1.29, 1.82) is 0 Å². The van der Waals surface area contributed by atoms with Gasteiger partial charge in [-0.1, -0.05) is 13.8 Å². The van der Waals surface area contributed by atoms with Gasteiger partial charge in [-0.3, -0.25) is 4.79 Å². The van der Waals surface area contributed by atoms with E-state index in [0.717, 1.165) is 0 Å². The lowest BCUT2D eigenvalue weighted by Gasteiger charge is -2.32. The molecule has 1 aromatic carbocycles. The number of benzene rings is 1. The van der Waals surface area contributed by atoms with Crippen LogP contribution in [-0.4, -0.2) is 55.4 Å². The first kappa shape index (κ1) is 21.5. The number of carbonyl (C=O) groups is 3. The van der Waals surface area contributed by atoms with E-state index in [1.807, 2.05) is 13.8 Å². The number of likely N-dealkylation sites (tertiary alicyclic amines) is 1. The summed E-state index contributed by atoms with van der Waals surface area (Å²) in [6, 6.07) is 6.35. The van der Waals surface area contributed by atoms with Gasteiger partial charge in [0.15, 0.2) is 0 Å². The molecule has 8 heteroatoms. The third kappa shape index (κ3) is 6.75. The zero-order valence-electron chi connectivity index (χ0n) is 16.6. The first-order chi connectivity index (χ1) is 13.4. The SMILES string of the molecule is CCOC(=O)Oc1ccc(C(=O)N2CCC(NC(=O)OCC(C)C)CC2)cc1.